The number of hydrogen-bond donors (Lipinski definition) is 12. The van der Waals surface area contributed by atoms with E-state index in [-0.39, 0.29) is 48.5 Å². The summed E-state index contributed by atoms with van der Waals surface area (Å²) in [5.74, 6) is -12.5. The molecule has 4 fully saturated rings. The number of nitrogens with two attached hydrogens (primary N) is 7. The van der Waals surface area contributed by atoms with Crippen LogP contribution in [0.25, 0.3) is 0 Å². The van der Waals surface area contributed by atoms with Crippen LogP contribution in [0.15, 0.2) is 76.2 Å². The fourth-order valence-electron chi connectivity index (χ4n) is 10.1. The zero-order chi connectivity index (χ0) is 71.6. The first kappa shape index (κ1) is 78.4. The molecular weight excluding hydrogens is 1470 g/mol. The molecule has 0 unspecified atom stereocenters. The largest absolute Gasteiger partial charge is 0.389 e. The minimum Gasteiger partial charge on any atom is -0.389 e. The molecule has 0 saturated heterocycles. The number of aromatic nitrogens is 7. The van der Waals surface area contributed by atoms with Gasteiger partial charge in [-0.2, -0.15) is 28.9 Å². The van der Waals surface area contributed by atoms with E-state index in [1.54, 1.807) is 24.3 Å². The summed E-state index contributed by atoms with van der Waals surface area (Å²) in [4.78, 5) is 27.2. The average molecular weight is 1540 g/mol. The topological polar surface area (TPSA) is 421 Å². The number of anilines is 8. The van der Waals surface area contributed by atoms with Gasteiger partial charge in [0.2, 0.25) is 0 Å². The van der Waals surface area contributed by atoms with Gasteiger partial charge in [0.25, 0.3) is 29.6 Å². The molecule has 0 bridgehead atoms. The number of nitrogens with zero attached hydrogens (tertiary/aromatic N) is 10. The SMILES string of the molecule is Cc1cc(N)sn1.Cc1cc(Nc2cc(N[C@@H]3CCCC(F)(F)[C@@H]3N)cnc2C#N)sn1.Cc1cc(Nc2cc(N[C@@H]3CCCC(F)(F)[C@@H]3N)cnc2C(N)=O)sn1.N#Cc1ncc(F)cc1Br.N#Cc1ncc(N[C@@H]2CCCC(F)(F)[C@@H]2N)cc1Br.N[C@@H]1CCCC(F)(F)[C@@H]1N. The van der Waals surface area contributed by atoms with Gasteiger partial charge in [0.1, 0.15) is 39.0 Å². The van der Waals surface area contributed by atoms with Gasteiger partial charge in [-0.1, -0.05) is 0 Å². The number of nitrogens with one attached hydrogen (secondary N) is 5. The number of nitrogen functional groups attached to an aromatic ring is 1. The fourth-order valence-corrected chi connectivity index (χ4v) is 12.8. The molecule has 522 valence electrons. The zero-order valence-electron chi connectivity index (χ0n) is 52.3. The van der Waals surface area contributed by atoms with E-state index in [9.17, 15) is 49.6 Å². The van der Waals surface area contributed by atoms with Crippen molar-refractivity contribution in [3.05, 3.63) is 122 Å². The van der Waals surface area contributed by atoms with E-state index in [1.165, 1.54) is 59.3 Å². The van der Waals surface area contributed by atoms with Crippen molar-refractivity contribution in [1.82, 2.24) is 33.1 Å². The number of alkyl halides is 8. The molecule has 11 rings (SSSR count). The van der Waals surface area contributed by atoms with Crippen molar-refractivity contribution in [2.24, 2.45) is 34.4 Å². The lowest BCUT2D eigenvalue weighted by atomic mass is 9.87. The van der Waals surface area contributed by atoms with Gasteiger partial charge in [-0.25, -0.2) is 59.4 Å². The van der Waals surface area contributed by atoms with Gasteiger partial charge in [0.05, 0.1) is 103 Å². The Bertz CT molecular complexity index is 3870. The minimum absolute atomic E-state index is 0.0554. The maximum Gasteiger partial charge on any atom is 0.269 e. The van der Waals surface area contributed by atoms with Crippen LogP contribution in [0.1, 0.15) is 122 Å². The second-order valence-electron chi connectivity index (χ2n) is 22.9. The fraction of sp³-hybridized carbons (Fsp3) is 0.450. The smallest absolute Gasteiger partial charge is 0.269 e. The van der Waals surface area contributed by atoms with Crippen molar-refractivity contribution in [3.63, 3.8) is 0 Å². The summed E-state index contributed by atoms with van der Waals surface area (Å²) < 4.78 is 133. The molecule has 0 spiro atoms. The van der Waals surface area contributed by atoms with Crippen LogP contribution in [-0.2, 0) is 0 Å². The van der Waals surface area contributed by atoms with Crippen LogP contribution in [-0.4, -0.2) is 111 Å². The van der Waals surface area contributed by atoms with Gasteiger partial charge < -0.3 is 66.7 Å². The Hall–Kier alpha value is -7.64. The number of pyridine rings is 4. The standard InChI is InChI=1S/C16H20F2N6OS.C16H18F2N6S.C12H13BrF2N4.C6H2BrFN2.C6H12F2N2.C4H6N2S/c1-8-5-12(26-24-8)23-11-6-9(7-21-13(11)15(20)25)22-10-3-2-4-16(17,18)14(10)19;1-9-5-14(25-24-9)23-12-6-10(8-21-13(12)7-19)22-11-3-2-4-16(17,18)15(11)20;13-8-4-7(6-18-10(8)5-16)19-9-2-1-3-12(14,15)11(9)17;7-5-1-4(8)3-10-6(5)2-9;7-6(8)3-1-2-4(9)5(6)10;1-3-2-4(5)7-6-3/h5-7,10,14,22-23H,2-4,19H2,1H3,(H2,20,25);5-6,8,11,15,22-23H,2-4,20H2,1H3;4,6,9,11,19H,1-3,17H2;1,3H;4-5H,1-3,9-10H2;2H,5H2,1H3/t10-,14-;11-,15-;9-,11-;;4-,5-;/m111.1./s1. The summed E-state index contributed by atoms with van der Waals surface area (Å²) in [5.41, 5.74) is 44.2. The number of carbonyl (C=O) groups is 1. The molecule has 4 aliphatic rings. The van der Waals surface area contributed by atoms with Gasteiger partial charge in [-0.15, -0.1) is 0 Å². The maximum absolute atomic E-state index is 13.8. The van der Waals surface area contributed by atoms with E-state index in [1.807, 2.05) is 51.1 Å². The van der Waals surface area contributed by atoms with Crippen LogP contribution in [0, 0.1) is 60.6 Å². The molecule has 4 aliphatic carbocycles. The Balaban J connectivity index is 0.000000194. The van der Waals surface area contributed by atoms with Crippen LogP contribution in [0.5, 0.6) is 0 Å². The van der Waals surface area contributed by atoms with Gasteiger partial charge in [0, 0.05) is 49.9 Å². The van der Waals surface area contributed by atoms with Crippen molar-refractivity contribution in [2.45, 2.75) is 170 Å². The van der Waals surface area contributed by atoms with E-state index < -0.39 is 83.7 Å². The van der Waals surface area contributed by atoms with Crippen LogP contribution < -0.4 is 66.7 Å². The average Bonchev–Trinajstić information content (AvgIpc) is 1.11. The Kier molecular flexibility index (Phi) is 28.5. The number of nitriles is 3. The Morgan fingerprint density at radius 1 is 0.515 bits per heavy atom. The zero-order valence-corrected chi connectivity index (χ0v) is 57.9. The molecule has 1 amide bonds. The molecule has 97 heavy (non-hydrogen) atoms. The molecule has 0 aliphatic heterocycles. The van der Waals surface area contributed by atoms with Crippen molar-refractivity contribution in [2.75, 3.05) is 32.3 Å². The quantitative estimate of drug-likeness (QED) is 0.0535. The van der Waals surface area contributed by atoms with Crippen LogP contribution >= 0.6 is 66.5 Å². The summed E-state index contributed by atoms with van der Waals surface area (Å²) in [6.07, 6.45) is 8.66. The summed E-state index contributed by atoms with van der Waals surface area (Å²) in [6.45, 7) is 5.64. The number of amides is 1. The lowest BCUT2D eigenvalue weighted by Gasteiger charge is -2.36. The van der Waals surface area contributed by atoms with Crippen molar-refractivity contribution < 1.29 is 44.3 Å². The van der Waals surface area contributed by atoms with Crippen LogP contribution in [0.2, 0.25) is 0 Å². The Morgan fingerprint density at radius 2 is 0.887 bits per heavy atom. The highest BCUT2D eigenvalue weighted by Crippen LogP contribution is 2.38. The molecule has 37 heteroatoms. The van der Waals surface area contributed by atoms with Gasteiger partial charge in [0.15, 0.2) is 22.8 Å². The lowest BCUT2D eigenvalue weighted by molar-refractivity contribution is -0.0580. The van der Waals surface area contributed by atoms with Crippen molar-refractivity contribution in [3.8, 4) is 18.2 Å². The van der Waals surface area contributed by atoms with Gasteiger partial charge in [-0.3, -0.25) is 4.79 Å². The molecule has 4 saturated carbocycles. The Labute approximate surface area is 582 Å². The molecule has 8 atom stereocenters. The molecule has 19 N–H and O–H groups in total. The number of rotatable bonds is 11. The number of aryl methyl sites for hydroxylation is 3. The highest BCUT2D eigenvalue weighted by atomic mass is 79.9. The third-order valence-corrected chi connectivity index (χ3v) is 18.8. The number of halogens is 11. The third kappa shape index (κ3) is 23.0. The molecule has 0 aromatic carbocycles. The predicted molar refractivity (Wildman–Crippen MR) is 364 cm³/mol. The number of carbonyl (C=O) groups excluding carboxylic acids is 1. The Morgan fingerprint density at radius 3 is 1.25 bits per heavy atom. The predicted octanol–water partition coefficient (Wildman–Crippen LogP) is 12.0. The summed E-state index contributed by atoms with van der Waals surface area (Å²) in [7, 11) is 0. The molecule has 23 nitrogen and oxygen atoms in total. The van der Waals surface area contributed by atoms with Gasteiger partial charge in [-0.05, 0) is 181 Å². The van der Waals surface area contributed by atoms with E-state index in [4.69, 9.17) is 50.7 Å². The lowest BCUT2D eigenvalue weighted by Crippen LogP contribution is -2.55. The highest BCUT2D eigenvalue weighted by Gasteiger charge is 2.47. The van der Waals surface area contributed by atoms with Gasteiger partial charge >= 0.3 is 0 Å². The number of primary amides is 1. The second kappa shape index (κ2) is 35.2. The monoisotopic (exact) mass is 1540 g/mol. The molecule has 7 aromatic rings. The maximum atomic E-state index is 13.8. The molecule has 7 aromatic heterocycles. The van der Waals surface area contributed by atoms with E-state index >= 15 is 0 Å². The van der Waals surface area contributed by atoms with Crippen LogP contribution in [0.4, 0.5) is 83.0 Å². The first-order chi connectivity index (χ1) is 45.6. The minimum atomic E-state index is -2.91. The first-order valence-corrected chi connectivity index (χ1v) is 33.7. The summed E-state index contributed by atoms with van der Waals surface area (Å²) >= 11 is 10.0. The van der Waals surface area contributed by atoms with E-state index in [2.05, 4.69) is 91.5 Å². The molecule has 7 heterocycles. The number of hydrogen-bond acceptors (Lipinski definition) is 25. The highest BCUT2D eigenvalue weighted by molar-refractivity contribution is 9.10. The first-order valence-electron chi connectivity index (χ1n) is 29.8. The summed E-state index contributed by atoms with van der Waals surface area (Å²) in [6, 6.07) is 10.3. The third-order valence-electron chi connectivity index (χ3n) is 15.3. The van der Waals surface area contributed by atoms with E-state index in [0.717, 1.165) is 33.3 Å². The van der Waals surface area contributed by atoms with E-state index in [0.29, 0.717) is 93.8 Å². The van der Waals surface area contributed by atoms with Crippen LogP contribution in [0.3, 0.4) is 0 Å². The molecular formula is C60H71Br2F9N22OS3. The van der Waals surface area contributed by atoms with Crippen molar-refractivity contribution in [1.29, 1.82) is 15.8 Å². The molecule has 0 radical (unpaired) electrons. The normalized spacial score (nSPS) is 22.3. The van der Waals surface area contributed by atoms with Crippen molar-refractivity contribution >= 4 is 116 Å². The second-order valence-corrected chi connectivity index (χ2v) is 27.1. The summed E-state index contributed by atoms with van der Waals surface area (Å²) in [5, 5.41) is 43.8.